The number of benzene rings is 2. The van der Waals surface area contributed by atoms with Crippen molar-refractivity contribution in [2.24, 2.45) is 0 Å². The van der Waals surface area contributed by atoms with E-state index >= 15 is 0 Å². The van der Waals surface area contributed by atoms with Gasteiger partial charge in [0.05, 0.1) is 7.11 Å². The van der Waals surface area contributed by atoms with Crippen LogP contribution in [0.1, 0.15) is 40.9 Å². The molecule has 0 amide bonds. The number of methoxy groups -OCH3 is 1. The van der Waals surface area contributed by atoms with Crippen molar-refractivity contribution < 1.29 is 14.3 Å². The van der Waals surface area contributed by atoms with Crippen LogP contribution >= 0.6 is 0 Å². The molecule has 0 aliphatic heterocycles. The van der Waals surface area contributed by atoms with E-state index in [4.69, 9.17) is 9.47 Å². The van der Waals surface area contributed by atoms with Gasteiger partial charge in [0, 0.05) is 11.1 Å². The van der Waals surface area contributed by atoms with Gasteiger partial charge in [0.2, 0.25) is 0 Å². The molecule has 0 unspecified atom stereocenters. The van der Waals surface area contributed by atoms with Gasteiger partial charge >= 0.3 is 0 Å². The number of carbonyl (C=O) groups is 1. The molecular weight excluding hydrogens is 276 g/mol. The summed E-state index contributed by atoms with van der Waals surface area (Å²) in [6, 6.07) is 11.6. The summed E-state index contributed by atoms with van der Waals surface area (Å²) in [7, 11) is 1.62. The van der Waals surface area contributed by atoms with Crippen LogP contribution in [0.3, 0.4) is 0 Å². The highest BCUT2D eigenvalue weighted by molar-refractivity contribution is 5.94. The number of hydrogen-bond acceptors (Lipinski definition) is 3. The smallest absolute Gasteiger partial charge is 0.159 e. The fraction of sp³-hybridized carbons (Fsp3) is 0.316. The number of hydrogen-bond donors (Lipinski definition) is 0. The molecule has 0 aliphatic carbocycles. The first-order valence-electron chi connectivity index (χ1n) is 7.44. The Bertz CT molecular complexity index is 674. The van der Waals surface area contributed by atoms with E-state index in [0.717, 1.165) is 23.5 Å². The van der Waals surface area contributed by atoms with Crippen LogP contribution < -0.4 is 9.47 Å². The van der Waals surface area contributed by atoms with Crippen LogP contribution in [0, 0.1) is 6.92 Å². The van der Waals surface area contributed by atoms with Gasteiger partial charge in [-0.2, -0.15) is 0 Å². The highest BCUT2D eigenvalue weighted by atomic mass is 16.5. The van der Waals surface area contributed by atoms with E-state index in [0.29, 0.717) is 12.2 Å². The van der Waals surface area contributed by atoms with Crippen molar-refractivity contribution in [2.75, 3.05) is 7.11 Å². The van der Waals surface area contributed by atoms with Gasteiger partial charge in [-0.05, 0) is 61.7 Å². The molecule has 0 saturated heterocycles. The Balaban J connectivity index is 2.21. The van der Waals surface area contributed by atoms with E-state index in [1.807, 2.05) is 24.3 Å². The molecular formula is C19H22O3. The minimum atomic E-state index is 0.0349. The molecule has 0 bridgehead atoms. The van der Waals surface area contributed by atoms with Crippen LogP contribution in [-0.2, 0) is 13.0 Å². The fourth-order valence-corrected chi connectivity index (χ4v) is 2.38. The van der Waals surface area contributed by atoms with E-state index in [9.17, 15) is 4.79 Å². The van der Waals surface area contributed by atoms with Crippen molar-refractivity contribution in [1.82, 2.24) is 0 Å². The first-order chi connectivity index (χ1) is 10.5. The van der Waals surface area contributed by atoms with Crippen LogP contribution in [0.2, 0.25) is 0 Å². The maximum absolute atomic E-state index is 11.5. The van der Waals surface area contributed by atoms with Gasteiger partial charge in [-0.25, -0.2) is 0 Å². The number of ether oxygens (including phenoxy) is 2. The molecule has 0 spiro atoms. The second kappa shape index (κ2) is 7.12. The first kappa shape index (κ1) is 16.1. The number of rotatable bonds is 6. The minimum absolute atomic E-state index is 0.0349. The second-order valence-corrected chi connectivity index (χ2v) is 5.38. The van der Waals surface area contributed by atoms with Crippen LogP contribution in [0.5, 0.6) is 11.5 Å². The maximum atomic E-state index is 11.5. The molecule has 0 aromatic heterocycles. The highest BCUT2D eigenvalue weighted by Crippen LogP contribution is 2.24. The average molecular weight is 298 g/mol. The number of Topliss-reactive ketones (excluding diaryl/α,β-unsaturated/α-hetero) is 1. The largest absolute Gasteiger partial charge is 0.496 e. The molecule has 0 aliphatic rings. The number of ketones is 1. The summed E-state index contributed by atoms with van der Waals surface area (Å²) in [5.41, 5.74) is 3.96. The predicted molar refractivity (Wildman–Crippen MR) is 87.9 cm³/mol. The zero-order chi connectivity index (χ0) is 16.1. The van der Waals surface area contributed by atoms with E-state index in [2.05, 4.69) is 19.9 Å². The molecule has 2 aromatic carbocycles. The van der Waals surface area contributed by atoms with Gasteiger partial charge < -0.3 is 9.47 Å². The van der Waals surface area contributed by atoms with Gasteiger partial charge in [-0.1, -0.05) is 13.0 Å². The number of carbonyl (C=O) groups excluding carboxylic acids is 1. The lowest BCUT2D eigenvalue weighted by Crippen LogP contribution is -2.02. The van der Waals surface area contributed by atoms with Crippen molar-refractivity contribution in [2.45, 2.75) is 33.8 Å². The quantitative estimate of drug-likeness (QED) is 0.744. The average Bonchev–Trinajstić information content (AvgIpc) is 2.51. The standard InChI is InChI=1S/C19H22O3/c1-5-15-8-13(2)9-18(10-15)22-12-17-11-16(14(3)20)6-7-19(17)21-4/h6-11H,5,12H2,1-4H3. The normalized spacial score (nSPS) is 10.4. The van der Waals surface area contributed by atoms with Gasteiger partial charge in [0.1, 0.15) is 18.1 Å². The van der Waals surface area contributed by atoms with Crippen LogP contribution in [-0.4, -0.2) is 12.9 Å². The third-order valence-electron chi connectivity index (χ3n) is 3.60. The fourth-order valence-electron chi connectivity index (χ4n) is 2.38. The molecule has 2 aromatic rings. The van der Waals surface area contributed by atoms with Gasteiger partial charge in [-0.15, -0.1) is 0 Å². The van der Waals surface area contributed by atoms with Crippen LogP contribution in [0.4, 0.5) is 0 Å². The Labute approximate surface area is 131 Å². The molecule has 0 radical (unpaired) electrons. The minimum Gasteiger partial charge on any atom is -0.496 e. The third-order valence-corrected chi connectivity index (χ3v) is 3.60. The predicted octanol–water partition coefficient (Wildman–Crippen LogP) is 4.35. The van der Waals surface area contributed by atoms with E-state index in [1.54, 1.807) is 20.1 Å². The molecule has 0 N–H and O–H groups in total. The molecule has 2 rings (SSSR count). The van der Waals surface area contributed by atoms with E-state index < -0.39 is 0 Å². The Morgan fingerprint density at radius 3 is 2.55 bits per heavy atom. The number of aryl methyl sites for hydroxylation is 2. The zero-order valence-corrected chi connectivity index (χ0v) is 13.6. The van der Waals surface area contributed by atoms with Crippen molar-refractivity contribution >= 4 is 5.78 Å². The molecule has 0 fully saturated rings. The SMILES string of the molecule is CCc1cc(C)cc(OCc2cc(C(C)=O)ccc2OC)c1. The Kier molecular flexibility index (Phi) is 5.21. The third kappa shape index (κ3) is 3.88. The summed E-state index contributed by atoms with van der Waals surface area (Å²) in [4.78, 5) is 11.5. The summed E-state index contributed by atoms with van der Waals surface area (Å²) in [5, 5.41) is 0. The van der Waals surface area contributed by atoms with E-state index in [-0.39, 0.29) is 5.78 Å². The Hall–Kier alpha value is -2.29. The Morgan fingerprint density at radius 1 is 1.14 bits per heavy atom. The molecule has 0 heterocycles. The monoisotopic (exact) mass is 298 g/mol. The molecule has 0 saturated carbocycles. The molecule has 3 nitrogen and oxygen atoms in total. The van der Waals surface area contributed by atoms with Crippen molar-refractivity contribution in [1.29, 1.82) is 0 Å². The first-order valence-corrected chi connectivity index (χ1v) is 7.44. The summed E-state index contributed by atoms with van der Waals surface area (Å²) < 4.78 is 11.2. The molecule has 22 heavy (non-hydrogen) atoms. The highest BCUT2D eigenvalue weighted by Gasteiger charge is 2.08. The van der Waals surface area contributed by atoms with Gasteiger partial charge in [0.25, 0.3) is 0 Å². The molecule has 3 heteroatoms. The van der Waals surface area contributed by atoms with Gasteiger partial charge in [0.15, 0.2) is 5.78 Å². The Morgan fingerprint density at radius 2 is 1.91 bits per heavy atom. The summed E-state index contributed by atoms with van der Waals surface area (Å²) in [6.07, 6.45) is 0.973. The van der Waals surface area contributed by atoms with Crippen molar-refractivity contribution in [3.63, 3.8) is 0 Å². The zero-order valence-electron chi connectivity index (χ0n) is 13.6. The van der Waals surface area contributed by atoms with Crippen LogP contribution in [0.15, 0.2) is 36.4 Å². The van der Waals surface area contributed by atoms with Crippen LogP contribution in [0.25, 0.3) is 0 Å². The molecule has 116 valence electrons. The topological polar surface area (TPSA) is 35.5 Å². The maximum Gasteiger partial charge on any atom is 0.159 e. The second-order valence-electron chi connectivity index (χ2n) is 5.38. The molecule has 0 atom stereocenters. The van der Waals surface area contributed by atoms with Crippen molar-refractivity contribution in [3.8, 4) is 11.5 Å². The summed E-state index contributed by atoms with van der Waals surface area (Å²) >= 11 is 0. The lowest BCUT2D eigenvalue weighted by Gasteiger charge is -2.12. The lowest BCUT2D eigenvalue weighted by atomic mass is 10.1. The summed E-state index contributed by atoms with van der Waals surface area (Å²) in [5.74, 6) is 1.60. The van der Waals surface area contributed by atoms with Crippen molar-refractivity contribution in [3.05, 3.63) is 58.7 Å². The summed E-state index contributed by atoms with van der Waals surface area (Å²) in [6.45, 7) is 6.11. The van der Waals surface area contributed by atoms with E-state index in [1.165, 1.54) is 11.1 Å². The lowest BCUT2D eigenvalue weighted by molar-refractivity contribution is 0.101. The van der Waals surface area contributed by atoms with Gasteiger partial charge in [-0.3, -0.25) is 4.79 Å².